The zero-order valence-corrected chi connectivity index (χ0v) is 16.0. The number of hydrogen-bond donors (Lipinski definition) is 1. The Bertz CT molecular complexity index is 784. The standard InChI is InChI=1S/C19H26N4O4/c1-22-17(15-12-14(25-2)4-5-18(15)26-3)13-16(21-22)19(24)20-6-7-23-8-10-27-11-9-23/h4-5,12-13H,6-11H2,1-3H3,(H,20,24). The molecule has 2 aromatic rings. The van der Waals surface area contributed by atoms with Crippen molar-refractivity contribution in [3.8, 4) is 22.8 Å². The van der Waals surface area contributed by atoms with Crippen LogP contribution in [0.5, 0.6) is 11.5 Å². The molecular weight excluding hydrogens is 348 g/mol. The first-order valence-electron chi connectivity index (χ1n) is 8.97. The molecule has 8 heteroatoms. The van der Waals surface area contributed by atoms with E-state index in [2.05, 4.69) is 15.3 Å². The van der Waals surface area contributed by atoms with E-state index in [9.17, 15) is 4.79 Å². The molecule has 0 bridgehead atoms. The molecule has 0 aliphatic carbocycles. The van der Waals surface area contributed by atoms with E-state index in [0.717, 1.165) is 44.1 Å². The molecule has 0 atom stereocenters. The fourth-order valence-electron chi connectivity index (χ4n) is 3.09. The van der Waals surface area contributed by atoms with Gasteiger partial charge >= 0.3 is 0 Å². The Morgan fingerprint density at radius 3 is 2.70 bits per heavy atom. The maximum Gasteiger partial charge on any atom is 0.271 e. The van der Waals surface area contributed by atoms with Crippen LogP contribution < -0.4 is 14.8 Å². The van der Waals surface area contributed by atoms with Gasteiger partial charge in [-0.15, -0.1) is 0 Å². The fraction of sp³-hybridized carbons (Fsp3) is 0.474. The van der Waals surface area contributed by atoms with Gasteiger partial charge < -0.3 is 19.5 Å². The molecule has 0 saturated carbocycles. The lowest BCUT2D eigenvalue weighted by molar-refractivity contribution is 0.0383. The summed E-state index contributed by atoms with van der Waals surface area (Å²) in [6.45, 7) is 4.68. The predicted octanol–water partition coefficient (Wildman–Crippen LogP) is 1.17. The molecule has 1 aromatic heterocycles. The molecule has 1 amide bonds. The van der Waals surface area contributed by atoms with Gasteiger partial charge in [-0.3, -0.25) is 14.4 Å². The molecular formula is C19H26N4O4. The molecule has 1 saturated heterocycles. The van der Waals surface area contributed by atoms with Gasteiger partial charge in [0.05, 0.1) is 33.1 Å². The van der Waals surface area contributed by atoms with E-state index < -0.39 is 0 Å². The second kappa shape index (κ2) is 8.88. The van der Waals surface area contributed by atoms with Gasteiger partial charge in [-0.1, -0.05) is 0 Å². The van der Waals surface area contributed by atoms with Crippen LogP contribution >= 0.6 is 0 Å². The highest BCUT2D eigenvalue weighted by molar-refractivity contribution is 5.93. The van der Waals surface area contributed by atoms with E-state index in [1.165, 1.54) is 0 Å². The van der Waals surface area contributed by atoms with Crippen molar-refractivity contribution in [2.24, 2.45) is 7.05 Å². The molecule has 2 heterocycles. The van der Waals surface area contributed by atoms with Crippen LogP contribution in [0.1, 0.15) is 10.5 Å². The number of nitrogens with one attached hydrogen (secondary N) is 1. The summed E-state index contributed by atoms with van der Waals surface area (Å²) in [6, 6.07) is 7.30. The van der Waals surface area contributed by atoms with Crippen LogP contribution in [0.2, 0.25) is 0 Å². The molecule has 146 valence electrons. The van der Waals surface area contributed by atoms with E-state index in [-0.39, 0.29) is 5.91 Å². The predicted molar refractivity (Wildman–Crippen MR) is 101 cm³/mol. The minimum Gasteiger partial charge on any atom is -0.497 e. The first kappa shape index (κ1) is 19.2. The van der Waals surface area contributed by atoms with Gasteiger partial charge in [0, 0.05) is 38.8 Å². The topological polar surface area (TPSA) is 77.8 Å². The molecule has 8 nitrogen and oxygen atoms in total. The second-order valence-electron chi connectivity index (χ2n) is 6.31. The Hall–Kier alpha value is -2.58. The number of benzene rings is 1. The van der Waals surface area contributed by atoms with Crippen molar-refractivity contribution < 1.29 is 19.0 Å². The number of nitrogens with zero attached hydrogens (tertiary/aromatic N) is 3. The summed E-state index contributed by atoms with van der Waals surface area (Å²) < 4.78 is 17.7. The Labute approximate surface area is 159 Å². The number of ether oxygens (including phenoxy) is 3. The minimum atomic E-state index is -0.188. The SMILES string of the molecule is COc1ccc(OC)c(-c2cc(C(=O)NCCN3CCOCC3)nn2C)c1. The largest absolute Gasteiger partial charge is 0.497 e. The number of amides is 1. The molecule has 27 heavy (non-hydrogen) atoms. The van der Waals surface area contributed by atoms with Crippen LogP contribution in [-0.4, -0.2) is 74.2 Å². The van der Waals surface area contributed by atoms with E-state index in [0.29, 0.717) is 23.7 Å². The molecule has 0 unspecified atom stereocenters. The van der Waals surface area contributed by atoms with Crippen LogP contribution in [-0.2, 0) is 11.8 Å². The number of hydrogen-bond acceptors (Lipinski definition) is 6. The van der Waals surface area contributed by atoms with Gasteiger partial charge in [0.15, 0.2) is 5.69 Å². The maximum atomic E-state index is 12.5. The highest BCUT2D eigenvalue weighted by Crippen LogP contribution is 2.33. The summed E-state index contributed by atoms with van der Waals surface area (Å²) in [5.74, 6) is 1.22. The minimum absolute atomic E-state index is 0.188. The Morgan fingerprint density at radius 1 is 1.22 bits per heavy atom. The number of rotatable bonds is 7. The number of morpholine rings is 1. The van der Waals surface area contributed by atoms with Gasteiger partial charge in [0.25, 0.3) is 5.91 Å². The van der Waals surface area contributed by atoms with Crippen LogP contribution in [0.25, 0.3) is 11.3 Å². The molecule has 1 aliphatic heterocycles. The van der Waals surface area contributed by atoms with Crippen molar-refractivity contribution >= 4 is 5.91 Å². The first-order valence-corrected chi connectivity index (χ1v) is 8.97. The highest BCUT2D eigenvalue weighted by Gasteiger charge is 2.17. The third-order valence-electron chi connectivity index (χ3n) is 4.61. The number of aryl methyl sites for hydroxylation is 1. The van der Waals surface area contributed by atoms with Gasteiger partial charge in [-0.05, 0) is 24.3 Å². The summed E-state index contributed by atoms with van der Waals surface area (Å²) in [4.78, 5) is 14.7. The monoisotopic (exact) mass is 374 g/mol. The van der Waals surface area contributed by atoms with Crippen molar-refractivity contribution in [2.75, 3.05) is 53.6 Å². The Morgan fingerprint density at radius 2 is 2.00 bits per heavy atom. The number of methoxy groups -OCH3 is 2. The van der Waals surface area contributed by atoms with Crippen LogP contribution in [0.4, 0.5) is 0 Å². The molecule has 0 spiro atoms. The van der Waals surface area contributed by atoms with E-state index in [4.69, 9.17) is 14.2 Å². The van der Waals surface area contributed by atoms with Crippen molar-refractivity contribution in [2.45, 2.75) is 0 Å². The lowest BCUT2D eigenvalue weighted by atomic mass is 10.1. The summed E-state index contributed by atoms with van der Waals surface area (Å²) in [7, 11) is 5.03. The number of carbonyl (C=O) groups is 1. The average Bonchev–Trinajstić information content (AvgIpc) is 3.09. The average molecular weight is 374 g/mol. The molecule has 0 radical (unpaired) electrons. The number of aromatic nitrogens is 2. The van der Waals surface area contributed by atoms with Crippen molar-refractivity contribution in [1.82, 2.24) is 20.0 Å². The van der Waals surface area contributed by atoms with E-state index in [1.807, 2.05) is 18.2 Å². The molecule has 1 aliphatic rings. The van der Waals surface area contributed by atoms with Gasteiger partial charge in [-0.25, -0.2) is 0 Å². The van der Waals surface area contributed by atoms with Crippen LogP contribution in [0.15, 0.2) is 24.3 Å². The third kappa shape index (κ3) is 4.58. The zero-order valence-electron chi connectivity index (χ0n) is 16.0. The summed E-state index contributed by atoms with van der Waals surface area (Å²) in [6.07, 6.45) is 0. The lowest BCUT2D eigenvalue weighted by Gasteiger charge is -2.26. The quantitative estimate of drug-likeness (QED) is 0.784. The molecule has 1 aromatic carbocycles. The summed E-state index contributed by atoms with van der Waals surface area (Å²) >= 11 is 0. The first-order chi connectivity index (χ1) is 13.1. The van der Waals surface area contributed by atoms with E-state index in [1.54, 1.807) is 32.0 Å². The molecule has 3 rings (SSSR count). The second-order valence-corrected chi connectivity index (χ2v) is 6.31. The fourth-order valence-corrected chi connectivity index (χ4v) is 3.09. The smallest absolute Gasteiger partial charge is 0.271 e. The molecule has 1 N–H and O–H groups in total. The zero-order chi connectivity index (χ0) is 19.2. The normalized spacial score (nSPS) is 14.8. The Balaban J connectivity index is 1.69. The third-order valence-corrected chi connectivity index (χ3v) is 4.61. The number of carbonyl (C=O) groups excluding carboxylic acids is 1. The Kier molecular flexibility index (Phi) is 6.31. The summed E-state index contributed by atoms with van der Waals surface area (Å²) in [5, 5.41) is 7.29. The van der Waals surface area contributed by atoms with Crippen LogP contribution in [0.3, 0.4) is 0 Å². The van der Waals surface area contributed by atoms with E-state index >= 15 is 0 Å². The highest BCUT2D eigenvalue weighted by atomic mass is 16.5. The van der Waals surface area contributed by atoms with Crippen molar-refractivity contribution in [3.05, 3.63) is 30.0 Å². The lowest BCUT2D eigenvalue weighted by Crippen LogP contribution is -2.41. The summed E-state index contributed by atoms with van der Waals surface area (Å²) in [5.41, 5.74) is 1.97. The van der Waals surface area contributed by atoms with Crippen molar-refractivity contribution in [1.29, 1.82) is 0 Å². The van der Waals surface area contributed by atoms with Gasteiger partial charge in [-0.2, -0.15) is 5.10 Å². The van der Waals surface area contributed by atoms with Crippen molar-refractivity contribution in [3.63, 3.8) is 0 Å². The molecule has 1 fully saturated rings. The van der Waals surface area contributed by atoms with Gasteiger partial charge in [0.2, 0.25) is 0 Å². The van der Waals surface area contributed by atoms with Gasteiger partial charge in [0.1, 0.15) is 11.5 Å². The van der Waals surface area contributed by atoms with Crippen LogP contribution in [0, 0.1) is 0 Å². The maximum absolute atomic E-state index is 12.5.